The van der Waals surface area contributed by atoms with Crippen molar-refractivity contribution >= 4 is 11.8 Å². The number of hydrogen-bond donors (Lipinski definition) is 1. The quantitative estimate of drug-likeness (QED) is 0.578. The minimum absolute atomic E-state index is 0.0332. The number of hydrogen-bond acceptors (Lipinski definition) is 2. The summed E-state index contributed by atoms with van der Waals surface area (Å²) in [7, 11) is 0. The molecule has 1 nitrogen and oxygen atoms in total. The van der Waals surface area contributed by atoms with Crippen LogP contribution >= 0.6 is 11.8 Å². The molecule has 0 saturated heterocycles. The lowest BCUT2D eigenvalue weighted by Crippen LogP contribution is -2.24. The van der Waals surface area contributed by atoms with Crippen LogP contribution in [0.1, 0.15) is 18.0 Å². The van der Waals surface area contributed by atoms with Crippen molar-refractivity contribution in [2.24, 2.45) is 0 Å². The Morgan fingerprint density at radius 1 is 1.50 bits per heavy atom. The Kier molecular flexibility index (Phi) is 6.19. The first-order chi connectivity index (χ1) is 7.79. The minimum atomic E-state index is -0.147. The Morgan fingerprint density at radius 2 is 2.25 bits per heavy atom. The van der Waals surface area contributed by atoms with Crippen molar-refractivity contribution in [3.63, 3.8) is 0 Å². The molecule has 0 radical (unpaired) electrons. The van der Waals surface area contributed by atoms with Crippen LogP contribution in [0.15, 0.2) is 36.9 Å². The summed E-state index contributed by atoms with van der Waals surface area (Å²) in [6, 6.07) is 6.94. The van der Waals surface area contributed by atoms with E-state index < -0.39 is 0 Å². The summed E-state index contributed by atoms with van der Waals surface area (Å²) < 4.78 is 13.6. The zero-order chi connectivity index (χ0) is 11.8. The zero-order valence-corrected chi connectivity index (χ0v) is 10.4. The average Bonchev–Trinajstić information content (AvgIpc) is 2.29. The highest BCUT2D eigenvalue weighted by atomic mass is 32.2. The number of benzene rings is 1. The molecule has 0 heterocycles. The Labute approximate surface area is 101 Å². The van der Waals surface area contributed by atoms with Gasteiger partial charge in [-0.25, -0.2) is 4.39 Å². The molecular weight excluding hydrogens is 221 g/mol. The van der Waals surface area contributed by atoms with Crippen LogP contribution in [-0.2, 0) is 0 Å². The van der Waals surface area contributed by atoms with Crippen LogP contribution in [0.2, 0.25) is 0 Å². The molecule has 1 aromatic carbocycles. The van der Waals surface area contributed by atoms with E-state index in [2.05, 4.69) is 18.2 Å². The molecule has 0 bridgehead atoms. The van der Waals surface area contributed by atoms with Gasteiger partial charge in [-0.2, -0.15) is 11.8 Å². The van der Waals surface area contributed by atoms with Crippen molar-refractivity contribution in [3.05, 3.63) is 48.3 Å². The molecule has 0 spiro atoms. The van der Waals surface area contributed by atoms with E-state index in [1.807, 2.05) is 18.2 Å². The van der Waals surface area contributed by atoms with Gasteiger partial charge in [0, 0.05) is 23.9 Å². The van der Waals surface area contributed by atoms with Crippen LogP contribution in [0.5, 0.6) is 0 Å². The van der Waals surface area contributed by atoms with Gasteiger partial charge in [-0.05, 0) is 18.7 Å². The summed E-state index contributed by atoms with van der Waals surface area (Å²) in [4.78, 5) is 0. The predicted molar refractivity (Wildman–Crippen MR) is 70.3 cm³/mol. The van der Waals surface area contributed by atoms with Crippen LogP contribution < -0.4 is 5.32 Å². The molecule has 3 heteroatoms. The first kappa shape index (κ1) is 13.3. The Balaban J connectivity index is 2.69. The van der Waals surface area contributed by atoms with Gasteiger partial charge in [-0.3, -0.25) is 0 Å². The third-order valence-electron chi connectivity index (χ3n) is 2.38. The first-order valence-corrected chi connectivity index (χ1v) is 6.76. The van der Waals surface area contributed by atoms with E-state index in [-0.39, 0.29) is 11.9 Å². The van der Waals surface area contributed by atoms with Crippen LogP contribution in [0.3, 0.4) is 0 Å². The maximum absolute atomic E-state index is 13.6. The molecule has 1 N–H and O–H groups in total. The van der Waals surface area contributed by atoms with Gasteiger partial charge in [0.05, 0.1) is 0 Å². The Hall–Kier alpha value is -0.800. The third kappa shape index (κ3) is 3.99. The Bertz CT molecular complexity index is 327. The fraction of sp³-hybridized carbons (Fsp3) is 0.385. The van der Waals surface area contributed by atoms with E-state index in [9.17, 15) is 4.39 Å². The molecule has 0 fully saturated rings. The van der Waals surface area contributed by atoms with Gasteiger partial charge < -0.3 is 5.32 Å². The fourth-order valence-corrected chi connectivity index (χ4v) is 1.90. The van der Waals surface area contributed by atoms with Gasteiger partial charge >= 0.3 is 0 Å². The topological polar surface area (TPSA) is 12.0 Å². The highest BCUT2D eigenvalue weighted by Gasteiger charge is 2.12. The standard InChI is InChI=1S/C13H18FNS/c1-3-6-13(15-9-10-16-2)11-7-4-5-8-12(11)14/h3-5,7-8,13,15H,1,6,9-10H2,2H3. The summed E-state index contributed by atoms with van der Waals surface area (Å²) in [5.41, 5.74) is 0.725. The largest absolute Gasteiger partial charge is 0.309 e. The van der Waals surface area contributed by atoms with Crippen molar-refractivity contribution in [3.8, 4) is 0 Å². The fourth-order valence-electron chi connectivity index (χ4n) is 1.58. The van der Waals surface area contributed by atoms with Crippen LogP contribution in [-0.4, -0.2) is 18.6 Å². The first-order valence-electron chi connectivity index (χ1n) is 5.37. The van der Waals surface area contributed by atoms with Gasteiger partial charge in [0.1, 0.15) is 5.82 Å². The SMILES string of the molecule is C=CCC(NCCSC)c1ccccc1F. The molecule has 0 aliphatic heterocycles. The monoisotopic (exact) mass is 239 g/mol. The van der Waals surface area contributed by atoms with Crippen molar-refractivity contribution < 1.29 is 4.39 Å². The molecule has 1 aromatic rings. The molecule has 0 aromatic heterocycles. The lowest BCUT2D eigenvalue weighted by Gasteiger charge is -2.18. The van der Waals surface area contributed by atoms with Gasteiger partial charge in [0.2, 0.25) is 0 Å². The molecule has 0 saturated carbocycles. The molecule has 1 unspecified atom stereocenters. The normalized spacial score (nSPS) is 12.4. The maximum Gasteiger partial charge on any atom is 0.127 e. The van der Waals surface area contributed by atoms with E-state index in [1.54, 1.807) is 17.8 Å². The number of rotatable bonds is 7. The lowest BCUT2D eigenvalue weighted by atomic mass is 10.0. The van der Waals surface area contributed by atoms with Gasteiger partial charge in [0.15, 0.2) is 0 Å². The predicted octanol–water partition coefficient (Wildman–Crippen LogP) is 3.40. The van der Waals surface area contributed by atoms with Crippen molar-refractivity contribution in [2.75, 3.05) is 18.6 Å². The van der Waals surface area contributed by atoms with Gasteiger partial charge in [-0.15, -0.1) is 6.58 Å². The van der Waals surface area contributed by atoms with Crippen LogP contribution in [0.25, 0.3) is 0 Å². The van der Waals surface area contributed by atoms with Gasteiger partial charge in [-0.1, -0.05) is 24.3 Å². The maximum atomic E-state index is 13.6. The van der Waals surface area contributed by atoms with Gasteiger partial charge in [0.25, 0.3) is 0 Å². The third-order valence-corrected chi connectivity index (χ3v) is 2.99. The smallest absolute Gasteiger partial charge is 0.127 e. The highest BCUT2D eigenvalue weighted by molar-refractivity contribution is 7.98. The molecular formula is C13H18FNS. The molecule has 0 aliphatic rings. The van der Waals surface area contributed by atoms with Crippen molar-refractivity contribution in [1.29, 1.82) is 0 Å². The highest BCUT2D eigenvalue weighted by Crippen LogP contribution is 2.20. The second-order valence-electron chi connectivity index (χ2n) is 3.55. The summed E-state index contributed by atoms with van der Waals surface area (Å²) in [5.74, 6) is 0.883. The molecule has 16 heavy (non-hydrogen) atoms. The van der Waals surface area contributed by atoms with E-state index in [0.717, 1.165) is 24.3 Å². The second-order valence-corrected chi connectivity index (χ2v) is 4.53. The minimum Gasteiger partial charge on any atom is -0.309 e. The summed E-state index contributed by atoms with van der Waals surface area (Å²) >= 11 is 1.78. The molecule has 0 aliphatic carbocycles. The van der Waals surface area contributed by atoms with Crippen molar-refractivity contribution in [1.82, 2.24) is 5.32 Å². The average molecular weight is 239 g/mol. The van der Waals surface area contributed by atoms with E-state index in [1.165, 1.54) is 6.07 Å². The molecule has 1 atom stereocenters. The number of thioether (sulfide) groups is 1. The number of halogens is 1. The van der Waals surface area contributed by atoms with Crippen LogP contribution in [0, 0.1) is 5.82 Å². The Morgan fingerprint density at radius 3 is 2.88 bits per heavy atom. The van der Waals surface area contributed by atoms with Crippen molar-refractivity contribution in [2.45, 2.75) is 12.5 Å². The number of nitrogens with one attached hydrogen (secondary N) is 1. The summed E-state index contributed by atoms with van der Waals surface area (Å²) in [6.45, 7) is 4.60. The molecule has 1 rings (SSSR count). The van der Waals surface area contributed by atoms with E-state index in [4.69, 9.17) is 0 Å². The summed E-state index contributed by atoms with van der Waals surface area (Å²) in [6.07, 6.45) is 4.63. The second kappa shape index (κ2) is 7.47. The molecule has 88 valence electrons. The summed E-state index contributed by atoms with van der Waals surface area (Å²) in [5, 5.41) is 3.35. The van der Waals surface area contributed by atoms with E-state index >= 15 is 0 Å². The lowest BCUT2D eigenvalue weighted by molar-refractivity contribution is 0.518. The zero-order valence-electron chi connectivity index (χ0n) is 9.58. The van der Waals surface area contributed by atoms with Crippen LogP contribution in [0.4, 0.5) is 4.39 Å². The van der Waals surface area contributed by atoms with E-state index in [0.29, 0.717) is 0 Å². The molecule has 0 amide bonds.